The number of thioether (sulfide) groups is 1. The van der Waals surface area contributed by atoms with Gasteiger partial charge >= 0.3 is 0 Å². The maximum absolute atomic E-state index is 12.2. The van der Waals surface area contributed by atoms with Crippen molar-refractivity contribution in [3.63, 3.8) is 0 Å². The van der Waals surface area contributed by atoms with E-state index in [0.717, 1.165) is 4.90 Å². The largest absolute Gasteiger partial charge is 0.324 e. The smallest absolute Gasteiger partial charge is 0.269 e. The van der Waals surface area contributed by atoms with Crippen LogP contribution in [0.5, 0.6) is 0 Å². The number of hydrogen-bond acceptors (Lipinski definition) is 5. The molecule has 152 valence electrons. The highest BCUT2D eigenvalue weighted by atomic mass is 35.5. The Morgan fingerprint density at radius 1 is 0.933 bits per heavy atom. The maximum Gasteiger partial charge on any atom is 0.269 e. The molecular formula is C21H16ClN3O4S. The fourth-order valence-corrected chi connectivity index (χ4v) is 3.35. The molecule has 0 bridgehead atoms. The summed E-state index contributed by atoms with van der Waals surface area (Å²) in [5.74, 6) is -0.340. The third kappa shape index (κ3) is 5.82. The van der Waals surface area contributed by atoms with Crippen LogP contribution in [-0.4, -0.2) is 22.5 Å². The topological polar surface area (TPSA) is 101 Å². The quantitative estimate of drug-likeness (QED) is 0.297. The molecule has 0 heterocycles. The molecule has 0 aliphatic heterocycles. The van der Waals surface area contributed by atoms with Crippen molar-refractivity contribution in [1.29, 1.82) is 0 Å². The molecule has 2 amide bonds. The van der Waals surface area contributed by atoms with E-state index in [0.29, 0.717) is 22.0 Å². The lowest BCUT2D eigenvalue weighted by Gasteiger charge is -2.08. The van der Waals surface area contributed by atoms with Crippen LogP contribution in [0.2, 0.25) is 5.02 Å². The molecule has 3 aromatic carbocycles. The van der Waals surface area contributed by atoms with Crippen LogP contribution in [0, 0.1) is 10.1 Å². The summed E-state index contributed by atoms with van der Waals surface area (Å²) in [6, 6.07) is 19.4. The van der Waals surface area contributed by atoms with Gasteiger partial charge in [0, 0.05) is 28.3 Å². The first-order valence-corrected chi connectivity index (χ1v) is 10.1. The molecule has 0 aromatic heterocycles. The summed E-state index contributed by atoms with van der Waals surface area (Å²) in [4.78, 5) is 35.3. The van der Waals surface area contributed by atoms with Gasteiger partial charge in [-0.05, 0) is 48.5 Å². The minimum Gasteiger partial charge on any atom is -0.324 e. The van der Waals surface area contributed by atoms with Gasteiger partial charge in [-0.2, -0.15) is 0 Å². The fraction of sp³-hybridized carbons (Fsp3) is 0.0476. The van der Waals surface area contributed by atoms with Gasteiger partial charge in [0.25, 0.3) is 11.6 Å². The monoisotopic (exact) mass is 441 g/mol. The van der Waals surface area contributed by atoms with Gasteiger partial charge in [0.15, 0.2) is 0 Å². The van der Waals surface area contributed by atoms with Crippen molar-refractivity contribution in [2.75, 3.05) is 16.4 Å². The van der Waals surface area contributed by atoms with E-state index < -0.39 is 4.92 Å². The standard InChI is InChI=1S/C21H16ClN3O4S/c22-18-3-1-2-4-19(18)24-20(26)13-30-17-11-7-15(8-12-17)23-21(27)14-5-9-16(10-6-14)25(28)29/h1-12H,13H2,(H,23,27)(H,24,26). The van der Waals surface area contributed by atoms with Crippen molar-refractivity contribution >= 4 is 52.2 Å². The Hall–Kier alpha value is -3.36. The summed E-state index contributed by atoms with van der Waals surface area (Å²) in [5, 5.41) is 16.6. The van der Waals surface area contributed by atoms with E-state index in [4.69, 9.17) is 11.6 Å². The Labute approximate surface area is 181 Å². The first kappa shape index (κ1) is 21.4. The van der Waals surface area contributed by atoms with Crippen molar-refractivity contribution in [2.45, 2.75) is 4.90 Å². The highest BCUT2D eigenvalue weighted by Gasteiger charge is 2.10. The molecule has 3 aromatic rings. The summed E-state index contributed by atoms with van der Waals surface area (Å²) < 4.78 is 0. The lowest BCUT2D eigenvalue weighted by molar-refractivity contribution is -0.384. The van der Waals surface area contributed by atoms with E-state index in [2.05, 4.69) is 10.6 Å². The molecule has 0 aliphatic rings. The predicted molar refractivity (Wildman–Crippen MR) is 118 cm³/mol. The molecule has 3 rings (SSSR count). The summed E-state index contributed by atoms with van der Waals surface area (Å²) in [6.07, 6.45) is 0. The average Bonchev–Trinajstić information content (AvgIpc) is 2.75. The van der Waals surface area contributed by atoms with Crippen LogP contribution in [0.1, 0.15) is 10.4 Å². The van der Waals surface area contributed by atoms with Gasteiger partial charge in [-0.1, -0.05) is 23.7 Å². The number of hydrogen-bond donors (Lipinski definition) is 2. The number of benzene rings is 3. The molecule has 0 atom stereocenters. The average molecular weight is 442 g/mol. The lowest BCUT2D eigenvalue weighted by Crippen LogP contribution is -2.14. The second-order valence-electron chi connectivity index (χ2n) is 6.10. The normalized spacial score (nSPS) is 10.3. The Morgan fingerprint density at radius 3 is 2.23 bits per heavy atom. The molecule has 0 saturated carbocycles. The number of nitrogens with zero attached hydrogens (tertiary/aromatic N) is 1. The summed E-state index contributed by atoms with van der Waals surface area (Å²) in [7, 11) is 0. The number of amides is 2. The predicted octanol–water partition coefficient (Wildman–Crippen LogP) is 5.23. The molecule has 0 spiro atoms. The van der Waals surface area contributed by atoms with Gasteiger partial charge in [0.05, 0.1) is 21.4 Å². The van der Waals surface area contributed by atoms with Gasteiger partial charge < -0.3 is 10.6 Å². The van der Waals surface area contributed by atoms with Gasteiger partial charge in [-0.15, -0.1) is 11.8 Å². The molecule has 0 unspecified atom stereocenters. The van der Waals surface area contributed by atoms with Crippen LogP contribution in [0.25, 0.3) is 0 Å². The molecular weight excluding hydrogens is 426 g/mol. The molecule has 0 fully saturated rings. The van der Waals surface area contributed by atoms with Gasteiger partial charge in [0.2, 0.25) is 5.91 Å². The zero-order chi connectivity index (χ0) is 21.5. The van der Waals surface area contributed by atoms with E-state index in [1.54, 1.807) is 48.5 Å². The first-order chi connectivity index (χ1) is 14.4. The van der Waals surface area contributed by atoms with Crippen LogP contribution >= 0.6 is 23.4 Å². The number of carbonyl (C=O) groups is 2. The van der Waals surface area contributed by atoms with E-state index in [9.17, 15) is 19.7 Å². The fourth-order valence-electron chi connectivity index (χ4n) is 2.47. The van der Waals surface area contributed by atoms with Crippen LogP contribution < -0.4 is 10.6 Å². The second kappa shape index (κ2) is 9.91. The number of non-ortho nitro benzene ring substituents is 1. The van der Waals surface area contributed by atoms with Crippen LogP contribution in [0.4, 0.5) is 17.1 Å². The van der Waals surface area contributed by atoms with Crippen LogP contribution in [0.15, 0.2) is 77.7 Å². The van der Waals surface area contributed by atoms with E-state index in [-0.39, 0.29) is 23.3 Å². The Bertz CT molecular complexity index is 1070. The number of anilines is 2. The van der Waals surface area contributed by atoms with E-state index >= 15 is 0 Å². The van der Waals surface area contributed by atoms with Crippen molar-refractivity contribution < 1.29 is 14.5 Å². The van der Waals surface area contributed by atoms with Crippen molar-refractivity contribution in [3.05, 3.63) is 93.5 Å². The maximum atomic E-state index is 12.2. The Morgan fingerprint density at radius 2 is 1.60 bits per heavy atom. The number of nitrogens with one attached hydrogen (secondary N) is 2. The molecule has 2 N–H and O–H groups in total. The molecule has 30 heavy (non-hydrogen) atoms. The number of para-hydroxylation sites is 1. The molecule has 0 aliphatic carbocycles. The highest BCUT2D eigenvalue weighted by Crippen LogP contribution is 2.23. The van der Waals surface area contributed by atoms with Crippen molar-refractivity contribution in [2.24, 2.45) is 0 Å². The van der Waals surface area contributed by atoms with Crippen LogP contribution in [0.3, 0.4) is 0 Å². The van der Waals surface area contributed by atoms with Crippen LogP contribution in [-0.2, 0) is 4.79 Å². The Kier molecular flexibility index (Phi) is 7.05. The third-order valence-corrected chi connectivity index (χ3v) is 5.31. The molecule has 7 nitrogen and oxygen atoms in total. The number of halogens is 1. The number of carbonyl (C=O) groups excluding carboxylic acids is 2. The summed E-state index contributed by atoms with van der Waals surface area (Å²) in [5.41, 5.74) is 1.37. The zero-order valence-electron chi connectivity index (χ0n) is 15.5. The molecule has 9 heteroatoms. The lowest BCUT2D eigenvalue weighted by atomic mass is 10.2. The van der Waals surface area contributed by atoms with Crippen molar-refractivity contribution in [1.82, 2.24) is 0 Å². The SMILES string of the molecule is O=C(CSc1ccc(NC(=O)c2ccc([N+](=O)[O-])cc2)cc1)Nc1ccccc1Cl. The summed E-state index contributed by atoms with van der Waals surface area (Å²) >= 11 is 7.37. The Balaban J connectivity index is 1.52. The number of nitro groups is 1. The third-order valence-electron chi connectivity index (χ3n) is 3.97. The summed E-state index contributed by atoms with van der Waals surface area (Å²) in [6.45, 7) is 0. The van der Waals surface area contributed by atoms with Gasteiger partial charge in [-0.3, -0.25) is 19.7 Å². The minimum absolute atomic E-state index is 0.0773. The second-order valence-corrected chi connectivity index (χ2v) is 7.56. The zero-order valence-corrected chi connectivity index (χ0v) is 17.1. The molecule has 0 saturated heterocycles. The number of nitro benzene ring substituents is 1. The molecule has 0 radical (unpaired) electrons. The van der Waals surface area contributed by atoms with Crippen molar-refractivity contribution in [3.8, 4) is 0 Å². The minimum atomic E-state index is -0.521. The van der Waals surface area contributed by atoms with Gasteiger partial charge in [0.1, 0.15) is 0 Å². The number of rotatable bonds is 7. The van der Waals surface area contributed by atoms with E-state index in [1.807, 2.05) is 0 Å². The van der Waals surface area contributed by atoms with E-state index in [1.165, 1.54) is 36.0 Å². The van der Waals surface area contributed by atoms with Gasteiger partial charge in [-0.25, -0.2) is 0 Å². The first-order valence-electron chi connectivity index (χ1n) is 8.75. The highest BCUT2D eigenvalue weighted by molar-refractivity contribution is 8.00.